The molecule has 0 unspecified atom stereocenters. The molecule has 0 N–H and O–H groups in total. The van der Waals surface area contributed by atoms with Crippen LogP contribution in [0.2, 0.25) is 0 Å². The number of aromatic nitrogens is 4. The van der Waals surface area contributed by atoms with Crippen LogP contribution in [0, 0.1) is 0 Å². The Morgan fingerprint density at radius 2 is 1.68 bits per heavy atom. The number of hydrogen-bond acceptors (Lipinski definition) is 5. The maximum Gasteiger partial charge on any atom is 0.261 e. The van der Waals surface area contributed by atoms with E-state index in [-0.39, 0.29) is 5.91 Å². The van der Waals surface area contributed by atoms with Crippen molar-refractivity contribution in [2.75, 3.05) is 27.3 Å². The van der Waals surface area contributed by atoms with E-state index in [0.717, 1.165) is 27.8 Å². The fraction of sp³-hybridized carbons (Fsp3) is 0.207. The number of ether oxygens (including phenoxy) is 2. The van der Waals surface area contributed by atoms with Crippen LogP contribution in [0.1, 0.15) is 21.8 Å². The average molecular weight is 494 g/mol. The lowest BCUT2D eigenvalue weighted by atomic mass is 9.90. The highest BCUT2D eigenvalue weighted by molar-refractivity contribution is 6.01. The summed E-state index contributed by atoms with van der Waals surface area (Å²) in [5, 5.41) is 4.26. The first-order valence-electron chi connectivity index (χ1n) is 12.1. The number of nitrogens with zero attached hydrogens (tertiary/aromatic N) is 5. The number of likely N-dealkylation sites (tertiary alicyclic amines) is 1. The van der Waals surface area contributed by atoms with Crippen molar-refractivity contribution in [3.8, 4) is 28.3 Å². The van der Waals surface area contributed by atoms with Crippen LogP contribution < -0.4 is 9.47 Å². The van der Waals surface area contributed by atoms with Gasteiger partial charge in [-0.2, -0.15) is 5.10 Å². The number of hydrogen-bond donors (Lipinski definition) is 0. The van der Waals surface area contributed by atoms with E-state index in [1.165, 1.54) is 5.56 Å². The highest BCUT2D eigenvalue weighted by atomic mass is 16.5. The van der Waals surface area contributed by atoms with Gasteiger partial charge in [0, 0.05) is 49.9 Å². The maximum atomic E-state index is 13.5. The molecule has 1 saturated heterocycles. The molecule has 2 aromatic heterocycles. The molecule has 0 aliphatic carbocycles. The molecular formula is C29H27N5O3. The molecule has 186 valence electrons. The van der Waals surface area contributed by atoms with Crippen LogP contribution >= 0.6 is 0 Å². The van der Waals surface area contributed by atoms with Gasteiger partial charge in [0.25, 0.3) is 5.91 Å². The third kappa shape index (κ3) is 4.00. The van der Waals surface area contributed by atoms with Crippen LogP contribution in [0.4, 0.5) is 0 Å². The molecular weight excluding hydrogens is 466 g/mol. The number of imidazole rings is 1. The zero-order chi connectivity index (χ0) is 25.5. The second-order valence-corrected chi connectivity index (χ2v) is 9.26. The molecule has 1 aliphatic heterocycles. The summed E-state index contributed by atoms with van der Waals surface area (Å²) in [6.07, 6.45) is 5.58. The number of methoxy groups -OCH3 is 2. The number of rotatable bonds is 6. The molecule has 1 fully saturated rings. The predicted octanol–water partition coefficient (Wildman–Crippen LogP) is 4.68. The van der Waals surface area contributed by atoms with Crippen molar-refractivity contribution in [3.63, 3.8) is 0 Å². The summed E-state index contributed by atoms with van der Waals surface area (Å²) >= 11 is 0. The summed E-state index contributed by atoms with van der Waals surface area (Å²) in [5.41, 5.74) is 6.35. The van der Waals surface area contributed by atoms with Crippen molar-refractivity contribution < 1.29 is 14.3 Å². The fourth-order valence-corrected chi connectivity index (χ4v) is 4.95. The molecule has 0 radical (unpaired) electrons. The topological polar surface area (TPSA) is 74.4 Å². The van der Waals surface area contributed by atoms with Gasteiger partial charge in [-0.25, -0.2) is 4.98 Å². The number of carbonyl (C=O) groups is 1. The van der Waals surface area contributed by atoms with Crippen molar-refractivity contribution >= 4 is 16.9 Å². The van der Waals surface area contributed by atoms with Crippen molar-refractivity contribution in [1.82, 2.24) is 24.2 Å². The minimum atomic E-state index is -0.0935. The number of amides is 1. The molecule has 8 nitrogen and oxygen atoms in total. The number of benzene rings is 3. The molecule has 5 aromatic rings. The smallest absolute Gasteiger partial charge is 0.261 e. The third-order valence-corrected chi connectivity index (χ3v) is 7.01. The van der Waals surface area contributed by atoms with Crippen molar-refractivity contribution in [3.05, 3.63) is 90.5 Å². The van der Waals surface area contributed by atoms with E-state index >= 15 is 0 Å². The van der Waals surface area contributed by atoms with Gasteiger partial charge in [-0.15, -0.1) is 0 Å². The third-order valence-electron chi connectivity index (χ3n) is 7.01. The molecule has 6 rings (SSSR count). The van der Waals surface area contributed by atoms with Gasteiger partial charge in [-0.3, -0.25) is 14.0 Å². The summed E-state index contributed by atoms with van der Waals surface area (Å²) in [6, 6.07) is 20.1. The van der Waals surface area contributed by atoms with Crippen molar-refractivity contribution in [1.29, 1.82) is 0 Å². The van der Waals surface area contributed by atoms with Crippen LogP contribution in [0.15, 0.2) is 79.4 Å². The molecule has 8 heteroatoms. The average Bonchev–Trinajstić information content (AvgIpc) is 3.53. The molecule has 0 saturated carbocycles. The van der Waals surface area contributed by atoms with Gasteiger partial charge in [0.2, 0.25) is 0 Å². The zero-order valence-electron chi connectivity index (χ0n) is 21.0. The van der Waals surface area contributed by atoms with E-state index in [1.54, 1.807) is 25.2 Å². The molecule has 1 amide bonds. The van der Waals surface area contributed by atoms with Crippen LogP contribution in [-0.4, -0.2) is 57.4 Å². The summed E-state index contributed by atoms with van der Waals surface area (Å²) in [7, 11) is 5.05. The highest BCUT2D eigenvalue weighted by Crippen LogP contribution is 2.37. The van der Waals surface area contributed by atoms with Crippen molar-refractivity contribution in [2.45, 2.75) is 5.92 Å². The first-order valence-corrected chi connectivity index (χ1v) is 12.1. The van der Waals surface area contributed by atoms with Crippen molar-refractivity contribution in [2.24, 2.45) is 7.05 Å². The number of fused-ring (bicyclic) bond motifs is 1. The Morgan fingerprint density at radius 1 is 0.946 bits per heavy atom. The summed E-state index contributed by atoms with van der Waals surface area (Å²) in [5.74, 6) is 1.19. The fourth-order valence-electron chi connectivity index (χ4n) is 4.95. The lowest BCUT2D eigenvalue weighted by molar-refractivity contribution is 0.0595. The van der Waals surface area contributed by atoms with Gasteiger partial charge in [-0.1, -0.05) is 36.4 Å². The van der Waals surface area contributed by atoms with Crippen LogP contribution in [0.25, 0.3) is 27.8 Å². The summed E-state index contributed by atoms with van der Waals surface area (Å²) in [4.78, 5) is 19.9. The molecule has 0 bridgehead atoms. The first kappa shape index (κ1) is 22.8. The first-order chi connectivity index (χ1) is 18.1. The molecule has 1 aliphatic rings. The quantitative estimate of drug-likeness (QED) is 0.343. The molecule has 37 heavy (non-hydrogen) atoms. The van der Waals surface area contributed by atoms with E-state index < -0.39 is 0 Å². The standard InChI is InChI=1S/C29H27N5O3/c1-32-15-21(14-31-32)20-9-10-25-24(11-20)30-18-34(25)23-12-26(36-2)28(27(13-23)37-3)29(35)33-16-22(17-33)19-7-5-4-6-8-19/h4-15,18,22H,16-17H2,1-3H3. The molecule has 3 heterocycles. The summed E-state index contributed by atoms with van der Waals surface area (Å²) in [6.45, 7) is 1.34. The zero-order valence-corrected chi connectivity index (χ0v) is 21.0. The van der Waals surface area contributed by atoms with Gasteiger partial charge >= 0.3 is 0 Å². The second-order valence-electron chi connectivity index (χ2n) is 9.26. The lowest BCUT2D eigenvalue weighted by Crippen LogP contribution is -2.48. The van der Waals surface area contributed by atoms with E-state index in [9.17, 15) is 4.79 Å². The Morgan fingerprint density at radius 3 is 2.32 bits per heavy atom. The van der Waals surface area contributed by atoms with Gasteiger partial charge in [0.15, 0.2) is 0 Å². The van der Waals surface area contributed by atoms with Gasteiger partial charge in [0.05, 0.1) is 37.1 Å². The van der Waals surface area contributed by atoms with Gasteiger partial charge < -0.3 is 14.4 Å². The maximum absolute atomic E-state index is 13.5. The second kappa shape index (κ2) is 9.13. The Hall–Kier alpha value is -4.59. The predicted molar refractivity (Wildman–Crippen MR) is 141 cm³/mol. The van der Waals surface area contributed by atoms with Crippen LogP contribution in [-0.2, 0) is 7.05 Å². The molecule has 0 atom stereocenters. The minimum Gasteiger partial charge on any atom is -0.496 e. The monoisotopic (exact) mass is 493 g/mol. The largest absolute Gasteiger partial charge is 0.496 e. The van der Waals surface area contributed by atoms with E-state index in [1.807, 2.05) is 71.4 Å². The lowest BCUT2D eigenvalue weighted by Gasteiger charge is -2.40. The Labute approximate surface area is 214 Å². The Bertz CT molecular complexity index is 1570. The van der Waals surface area contributed by atoms with E-state index in [0.29, 0.717) is 36.1 Å². The highest BCUT2D eigenvalue weighted by Gasteiger charge is 2.35. The molecule has 3 aromatic carbocycles. The van der Waals surface area contributed by atoms with Crippen LogP contribution in [0.5, 0.6) is 11.5 Å². The SMILES string of the molecule is COc1cc(-n2cnc3cc(-c4cnn(C)c4)ccc32)cc(OC)c1C(=O)N1CC(c2ccccc2)C1. The Balaban J connectivity index is 1.31. The Kier molecular flexibility index (Phi) is 5.64. The number of carbonyl (C=O) groups excluding carboxylic acids is 1. The van der Waals surface area contributed by atoms with Gasteiger partial charge in [-0.05, 0) is 23.3 Å². The molecule has 0 spiro atoms. The summed E-state index contributed by atoms with van der Waals surface area (Å²) < 4.78 is 15.1. The van der Waals surface area contributed by atoms with Crippen LogP contribution in [0.3, 0.4) is 0 Å². The van der Waals surface area contributed by atoms with E-state index in [4.69, 9.17) is 9.47 Å². The van der Waals surface area contributed by atoms with E-state index in [2.05, 4.69) is 28.3 Å². The minimum absolute atomic E-state index is 0.0935. The van der Waals surface area contributed by atoms with Gasteiger partial charge in [0.1, 0.15) is 23.4 Å². The normalized spacial score (nSPS) is 13.5. The number of aryl methyl sites for hydroxylation is 1.